The molecule has 1 aromatic heterocycles. The molecule has 0 amide bonds. The number of nitrogens with zero attached hydrogens (tertiary/aromatic N) is 2. The Kier molecular flexibility index (Phi) is 6.00. The van der Waals surface area contributed by atoms with Crippen molar-refractivity contribution in [2.45, 2.75) is 13.5 Å². The van der Waals surface area contributed by atoms with Gasteiger partial charge in [0.15, 0.2) is 0 Å². The number of methoxy groups -OCH3 is 1. The van der Waals surface area contributed by atoms with Crippen molar-refractivity contribution in [3.8, 4) is 11.3 Å². The van der Waals surface area contributed by atoms with Crippen molar-refractivity contribution in [2.24, 2.45) is 0 Å². The fourth-order valence-electron chi connectivity index (χ4n) is 2.16. The van der Waals surface area contributed by atoms with Crippen molar-refractivity contribution in [3.05, 3.63) is 72.5 Å². The molecule has 0 aliphatic carbocycles. The third-order valence-electron chi connectivity index (χ3n) is 3.52. The highest BCUT2D eigenvalue weighted by atomic mass is 19.1. The fourth-order valence-corrected chi connectivity index (χ4v) is 2.16. The van der Waals surface area contributed by atoms with Crippen LogP contribution in [0.3, 0.4) is 0 Å². The number of carbonyl (C=O) groups excluding carboxylic acids is 1. The van der Waals surface area contributed by atoms with Crippen LogP contribution in [0.2, 0.25) is 0 Å². The maximum Gasteiger partial charge on any atom is 0.327 e. The van der Waals surface area contributed by atoms with E-state index in [0.29, 0.717) is 22.5 Å². The number of carbonyl (C=O) groups is 1. The van der Waals surface area contributed by atoms with Gasteiger partial charge in [-0.15, -0.1) is 0 Å². The highest BCUT2D eigenvalue weighted by Gasteiger charge is 2.14. The third-order valence-corrected chi connectivity index (χ3v) is 3.52. The molecule has 1 heterocycles. The highest BCUT2D eigenvalue weighted by Crippen LogP contribution is 2.24. The highest BCUT2D eigenvalue weighted by molar-refractivity contribution is 5.73. The first-order chi connectivity index (χ1) is 11.9. The molecule has 0 atom stereocenters. The Bertz CT molecular complexity index is 834. The summed E-state index contributed by atoms with van der Waals surface area (Å²) in [7, 11) is 1.29. The molecule has 6 heteroatoms. The summed E-state index contributed by atoms with van der Waals surface area (Å²) in [6.45, 7) is 5.03. The van der Waals surface area contributed by atoms with E-state index in [9.17, 15) is 13.6 Å². The maximum absolute atomic E-state index is 13.2. The number of hydrogen-bond acceptors (Lipinski definition) is 3. The van der Waals surface area contributed by atoms with E-state index in [1.54, 1.807) is 31.2 Å². The second-order valence-corrected chi connectivity index (χ2v) is 5.26. The van der Waals surface area contributed by atoms with Crippen LogP contribution >= 0.6 is 0 Å². The predicted molar refractivity (Wildman–Crippen MR) is 92.7 cm³/mol. The molecular weight excluding hydrogens is 326 g/mol. The Hall–Kier alpha value is -3.02. The van der Waals surface area contributed by atoms with E-state index >= 15 is 0 Å². The van der Waals surface area contributed by atoms with Gasteiger partial charge in [-0.05, 0) is 55.0 Å². The predicted octanol–water partition coefficient (Wildman–Crippen LogP) is 4.30. The number of esters is 1. The summed E-state index contributed by atoms with van der Waals surface area (Å²) < 4.78 is 32.5. The average Bonchev–Trinajstić information content (AvgIpc) is 3.03. The topological polar surface area (TPSA) is 44.1 Å². The molecule has 4 nitrogen and oxygen atoms in total. The van der Waals surface area contributed by atoms with Crippen molar-refractivity contribution in [3.63, 3.8) is 0 Å². The molecule has 0 saturated carbocycles. The molecule has 0 unspecified atom stereocenters. The zero-order chi connectivity index (χ0) is 18.4. The molecule has 0 radical (unpaired) electrons. The van der Waals surface area contributed by atoms with Crippen molar-refractivity contribution < 1.29 is 18.3 Å². The molecule has 0 aliphatic heterocycles. The number of benzene rings is 1. The summed E-state index contributed by atoms with van der Waals surface area (Å²) in [4.78, 5) is 11.6. The number of rotatable bonds is 6. The van der Waals surface area contributed by atoms with E-state index in [2.05, 4.69) is 16.4 Å². The van der Waals surface area contributed by atoms with Gasteiger partial charge in [-0.1, -0.05) is 12.7 Å². The number of allylic oxidation sites excluding steroid dienone is 5. The lowest BCUT2D eigenvalue weighted by Gasteiger charge is -2.05. The normalized spacial score (nSPS) is 12.2. The van der Waals surface area contributed by atoms with Gasteiger partial charge in [-0.3, -0.25) is 9.48 Å². The van der Waals surface area contributed by atoms with Gasteiger partial charge in [0.2, 0.25) is 0 Å². The van der Waals surface area contributed by atoms with Gasteiger partial charge in [0.05, 0.1) is 18.5 Å². The largest absolute Gasteiger partial charge is 0.468 e. The summed E-state index contributed by atoms with van der Waals surface area (Å²) in [5, 5.41) is 4.38. The van der Waals surface area contributed by atoms with Crippen LogP contribution in [0, 0.1) is 5.82 Å². The number of halogens is 2. The first-order valence-electron chi connectivity index (χ1n) is 7.52. The lowest BCUT2D eigenvalue weighted by molar-refractivity contribution is -0.141. The Labute approximate surface area is 144 Å². The zero-order valence-electron chi connectivity index (χ0n) is 14.0. The van der Waals surface area contributed by atoms with Gasteiger partial charge in [0.1, 0.15) is 18.2 Å². The molecule has 130 valence electrons. The standard InChI is InChI=1S/C19H18F2N2O2/c1-4-15(20)8-5-13(2)18-11-17(14-6-9-16(21)10-7-14)22-23(18)12-19(24)25-3/h4-11H,1,12H2,2-3H3/b13-5+,15-8+. The molecule has 2 aromatic rings. The van der Waals surface area contributed by atoms with Crippen molar-refractivity contribution in [1.82, 2.24) is 9.78 Å². The Morgan fingerprint density at radius 1 is 1.32 bits per heavy atom. The third kappa shape index (κ3) is 4.73. The molecule has 2 rings (SSSR count). The second kappa shape index (κ2) is 8.19. The summed E-state index contributed by atoms with van der Waals surface area (Å²) >= 11 is 0. The SMILES string of the molecule is C=C/C(F)=C\C=C(/C)c1cc(-c2ccc(F)cc2)nn1CC(=O)OC. The summed E-state index contributed by atoms with van der Waals surface area (Å²) in [6, 6.07) is 7.61. The fraction of sp³-hybridized carbons (Fsp3) is 0.158. The Morgan fingerprint density at radius 2 is 2.00 bits per heavy atom. The van der Waals surface area contributed by atoms with Crippen LogP contribution in [0.25, 0.3) is 16.8 Å². The molecular formula is C19H18F2N2O2. The molecule has 0 aliphatic rings. The summed E-state index contributed by atoms with van der Waals surface area (Å²) in [6.07, 6.45) is 3.94. The van der Waals surface area contributed by atoms with Crippen LogP contribution in [0.15, 0.2) is 61.0 Å². The molecule has 0 spiro atoms. The van der Waals surface area contributed by atoms with Crippen LogP contribution in [0.5, 0.6) is 0 Å². The quantitative estimate of drug-likeness (QED) is 0.579. The van der Waals surface area contributed by atoms with Gasteiger partial charge in [-0.25, -0.2) is 8.78 Å². The molecule has 25 heavy (non-hydrogen) atoms. The van der Waals surface area contributed by atoms with E-state index in [-0.39, 0.29) is 12.4 Å². The summed E-state index contributed by atoms with van der Waals surface area (Å²) in [5.74, 6) is -1.29. The molecule has 0 bridgehead atoms. The van der Waals surface area contributed by atoms with Crippen LogP contribution < -0.4 is 0 Å². The maximum atomic E-state index is 13.2. The van der Waals surface area contributed by atoms with Crippen molar-refractivity contribution in [2.75, 3.05) is 7.11 Å². The minimum atomic E-state index is -0.475. The smallest absolute Gasteiger partial charge is 0.327 e. The van der Waals surface area contributed by atoms with Crippen molar-refractivity contribution in [1.29, 1.82) is 0 Å². The lowest BCUT2D eigenvalue weighted by atomic mass is 10.1. The van der Waals surface area contributed by atoms with Crippen LogP contribution in [0.4, 0.5) is 8.78 Å². The number of aromatic nitrogens is 2. The van der Waals surface area contributed by atoms with E-state index in [4.69, 9.17) is 0 Å². The van der Waals surface area contributed by atoms with E-state index in [1.807, 2.05) is 0 Å². The molecule has 0 N–H and O–H groups in total. The molecule has 0 saturated heterocycles. The van der Waals surface area contributed by atoms with Gasteiger partial charge in [0, 0.05) is 5.56 Å². The van der Waals surface area contributed by atoms with Crippen LogP contribution in [0.1, 0.15) is 12.6 Å². The molecule has 0 fully saturated rings. The van der Waals surface area contributed by atoms with E-state index in [1.165, 1.54) is 30.0 Å². The van der Waals surface area contributed by atoms with Gasteiger partial charge >= 0.3 is 5.97 Å². The van der Waals surface area contributed by atoms with Gasteiger partial charge < -0.3 is 4.74 Å². The van der Waals surface area contributed by atoms with Crippen molar-refractivity contribution >= 4 is 11.5 Å². The van der Waals surface area contributed by atoms with Gasteiger partial charge in [0.25, 0.3) is 0 Å². The lowest BCUT2D eigenvalue weighted by Crippen LogP contribution is -2.14. The van der Waals surface area contributed by atoms with Crippen LogP contribution in [-0.2, 0) is 16.1 Å². The number of ether oxygens (including phenoxy) is 1. The van der Waals surface area contributed by atoms with Gasteiger partial charge in [-0.2, -0.15) is 5.10 Å². The van der Waals surface area contributed by atoms with Crippen LogP contribution in [-0.4, -0.2) is 22.9 Å². The average molecular weight is 344 g/mol. The monoisotopic (exact) mass is 344 g/mol. The Morgan fingerprint density at radius 3 is 2.60 bits per heavy atom. The minimum Gasteiger partial charge on any atom is -0.468 e. The first kappa shape index (κ1) is 18.3. The first-order valence-corrected chi connectivity index (χ1v) is 7.52. The second-order valence-electron chi connectivity index (χ2n) is 5.26. The molecule has 1 aromatic carbocycles. The van der Waals surface area contributed by atoms with E-state index in [0.717, 1.165) is 6.08 Å². The summed E-state index contributed by atoms with van der Waals surface area (Å²) in [5.41, 5.74) is 2.59. The van der Waals surface area contributed by atoms with E-state index < -0.39 is 11.8 Å². The zero-order valence-corrected chi connectivity index (χ0v) is 14.0. The number of hydrogen-bond donors (Lipinski definition) is 0. The Balaban J connectivity index is 2.46. The minimum absolute atomic E-state index is 0.0914.